The molecule has 1 heterocycles. The van der Waals surface area contributed by atoms with Crippen molar-refractivity contribution in [2.45, 2.75) is 124 Å². The first-order chi connectivity index (χ1) is 15.9. The lowest BCUT2D eigenvalue weighted by Gasteiger charge is -2.73. The summed E-state index contributed by atoms with van der Waals surface area (Å²) in [7, 11) is 0. The average molecular weight is 473 g/mol. The van der Waals surface area contributed by atoms with Crippen LogP contribution in [0.5, 0.6) is 0 Å². The molecule has 0 aromatic carbocycles. The number of hydrogen-bond acceptors (Lipinski definition) is 3. The highest BCUT2D eigenvalue weighted by atomic mass is 16.6. The first-order valence-electron chi connectivity index (χ1n) is 14.9. The predicted octanol–water partition coefficient (Wildman–Crippen LogP) is 6.60. The normalized spacial score (nSPS) is 62.8. The van der Waals surface area contributed by atoms with Gasteiger partial charge in [-0.15, -0.1) is 0 Å². The monoisotopic (exact) mass is 472 g/mol. The molecule has 6 rings (SSSR count). The van der Waals surface area contributed by atoms with Gasteiger partial charge in [0.15, 0.2) is 0 Å². The molecule has 0 bridgehead atoms. The zero-order valence-electron chi connectivity index (χ0n) is 23.0. The van der Waals surface area contributed by atoms with Crippen molar-refractivity contribution in [1.29, 1.82) is 0 Å². The van der Waals surface area contributed by atoms with Crippen molar-refractivity contribution in [3.05, 3.63) is 0 Å². The number of ether oxygens (including phenoxy) is 1. The van der Waals surface area contributed by atoms with Crippen LogP contribution in [0.25, 0.3) is 0 Å². The summed E-state index contributed by atoms with van der Waals surface area (Å²) >= 11 is 0. The molecule has 5 saturated carbocycles. The van der Waals surface area contributed by atoms with Crippen LogP contribution in [-0.2, 0) is 4.74 Å². The Morgan fingerprint density at radius 1 is 0.765 bits per heavy atom. The van der Waals surface area contributed by atoms with Gasteiger partial charge in [0, 0.05) is 5.41 Å². The van der Waals surface area contributed by atoms with E-state index < -0.39 is 0 Å². The van der Waals surface area contributed by atoms with Crippen molar-refractivity contribution in [2.75, 3.05) is 13.2 Å². The highest BCUT2D eigenvalue weighted by Crippen LogP contribution is 2.78. The second kappa shape index (κ2) is 7.25. The van der Waals surface area contributed by atoms with E-state index in [4.69, 9.17) is 4.74 Å². The lowest BCUT2D eigenvalue weighted by molar-refractivity contribution is -0.255. The number of epoxide rings is 1. The SMILES string of the molecule is CC[C@]12CC[C@@H](C3(C)CO3)C1C1CCC3[C@@]4(C)CC[C@H](O)[C@@](C)(CO)[C@@H]4CC[C@@]3(C)[C@]1(C)CC2. The van der Waals surface area contributed by atoms with Crippen LogP contribution in [0.4, 0.5) is 0 Å². The van der Waals surface area contributed by atoms with Crippen LogP contribution in [0.15, 0.2) is 0 Å². The van der Waals surface area contributed by atoms with Gasteiger partial charge in [0.2, 0.25) is 0 Å². The quantitative estimate of drug-likeness (QED) is 0.455. The molecule has 6 fully saturated rings. The summed E-state index contributed by atoms with van der Waals surface area (Å²) in [6.45, 7) is 16.2. The van der Waals surface area contributed by atoms with E-state index >= 15 is 0 Å². The molecule has 6 aliphatic rings. The first-order valence-corrected chi connectivity index (χ1v) is 14.9. The second-order valence-electron chi connectivity index (χ2n) is 15.4. The lowest BCUT2D eigenvalue weighted by Crippen LogP contribution is -2.67. The summed E-state index contributed by atoms with van der Waals surface area (Å²) in [5, 5.41) is 21.4. The topological polar surface area (TPSA) is 53.0 Å². The minimum Gasteiger partial charge on any atom is -0.396 e. The fraction of sp³-hybridized carbons (Fsp3) is 1.00. The Bertz CT molecular complexity index is 837. The highest BCUT2D eigenvalue weighted by Gasteiger charge is 2.72. The summed E-state index contributed by atoms with van der Waals surface area (Å²) in [5.41, 5.74) is 1.36. The average Bonchev–Trinajstić information content (AvgIpc) is 3.43. The Kier molecular flexibility index (Phi) is 5.17. The highest BCUT2D eigenvalue weighted by molar-refractivity contribution is 5.21. The molecule has 1 saturated heterocycles. The molecule has 0 aromatic heterocycles. The summed E-state index contributed by atoms with van der Waals surface area (Å²) in [5.74, 6) is 3.56. The minimum atomic E-state index is -0.356. The van der Waals surface area contributed by atoms with Crippen molar-refractivity contribution in [3.63, 3.8) is 0 Å². The zero-order valence-corrected chi connectivity index (χ0v) is 23.0. The van der Waals surface area contributed by atoms with E-state index in [9.17, 15) is 10.2 Å². The van der Waals surface area contributed by atoms with Crippen LogP contribution in [-0.4, -0.2) is 35.1 Å². The Labute approximate surface area is 208 Å². The third-order valence-electron chi connectivity index (χ3n) is 14.8. The van der Waals surface area contributed by atoms with Gasteiger partial charge >= 0.3 is 0 Å². The van der Waals surface area contributed by atoms with Crippen LogP contribution < -0.4 is 0 Å². The second-order valence-corrected chi connectivity index (χ2v) is 15.4. The standard InChI is InChI=1S/C31H52O3/c1-7-31-15-10-21(30(6)19-34-30)25(31)20-8-9-23-26(2)13-12-24(33)27(3,18-32)22(26)11-14-29(23,5)28(20,4)16-17-31/h20-25,32-33H,7-19H2,1-6H3/t20?,21-,22-,23?,24+,25?,26+,27+,28-,29-,30?,31-/m1/s1. The third kappa shape index (κ3) is 2.71. The van der Waals surface area contributed by atoms with E-state index in [-0.39, 0.29) is 29.1 Å². The molecule has 34 heavy (non-hydrogen) atoms. The van der Waals surface area contributed by atoms with Crippen LogP contribution >= 0.6 is 0 Å². The van der Waals surface area contributed by atoms with Gasteiger partial charge in [-0.25, -0.2) is 0 Å². The first kappa shape index (κ1) is 24.2. The molecular formula is C31H52O3. The van der Waals surface area contributed by atoms with Crippen molar-refractivity contribution in [2.24, 2.45) is 56.7 Å². The van der Waals surface area contributed by atoms with E-state index in [0.29, 0.717) is 28.1 Å². The van der Waals surface area contributed by atoms with Gasteiger partial charge in [-0.05, 0) is 122 Å². The maximum absolute atomic E-state index is 11.0. The van der Waals surface area contributed by atoms with Crippen LogP contribution in [0.3, 0.4) is 0 Å². The fourth-order valence-electron chi connectivity index (χ4n) is 12.4. The Hall–Kier alpha value is -0.120. The largest absolute Gasteiger partial charge is 0.396 e. The molecule has 0 amide bonds. The molecule has 4 unspecified atom stereocenters. The summed E-state index contributed by atoms with van der Waals surface area (Å²) in [6.07, 6.45) is 13.8. The molecule has 194 valence electrons. The van der Waals surface area contributed by atoms with Crippen LogP contribution in [0, 0.1) is 56.7 Å². The van der Waals surface area contributed by atoms with E-state index in [0.717, 1.165) is 37.2 Å². The molecule has 3 nitrogen and oxygen atoms in total. The van der Waals surface area contributed by atoms with Crippen LogP contribution in [0.2, 0.25) is 0 Å². The summed E-state index contributed by atoms with van der Waals surface area (Å²) in [4.78, 5) is 0. The van der Waals surface area contributed by atoms with Crippen molar-refractivity contribution < 1.29 is 14.9 Å². The fourth-order valence-corrected chi connectivity index (χ4v) is 12.4. The number of aliphatic hydroxyl groups is 2. The van der Waals surface area contributed by atoms with Gasteiger partial charge in [-0.1, -0.05) is 41.0 Å². The molecule has 1 aliphatic heterocycles. The number of hydrogen-bond donors (Lipinski definition) is 2. The Morgan fingerprint density at radius 3 is 2.15 bits per heavy atom. The molecule has 12 atom stereocenters. The molecule has 0 spiro atoms. The zero-order chi connectivity index (χ0) is 24.4. The van der Waals surface area contributed by atoms with Gasteiger partial charge in [0.1, 0.15) is 0 Å². The maximum atomic E-state index is 11.0. The third-order valence-corrected chi connectivity index (χ3v) is 14.8. The van der Waals surface area contributed by atoms with Crippen molar-refractivity contribution in [3.8, 4) is 0 Å². The van der Waals surface area contributed by atoms with E-state index in [1.807, 2.05) is 0 Å². The molecule has 5 aliphatic carbocycles. The van der Waals surface area contributed by atoms with E-state index in [1.165, 1.54) is 57.8 Å². The lowest BCUT2D eigenvalue weighted by atomic mass is 9.32. The maximum Gasteiger partial charge on any atom is 0.0919 e. The van der Waals surface area contributed by atoms with Gasteiger partial charge in [0.25, 0.3) is 0 Å². The molecular weight excluding hydrogens is 420 g/mol. The van der Waals surface area contributed by atoms with Gasteiger partial charge < -0.3 is 14.9 Å². The molecule has 3 heteroatoms. The van der Waals surface area contributed by atoms with Gasteiger partial charge in [-0.2, -0.15) is 0 Å². The van der Waals surface area contributed by atoms with Gasteiger partial charge in [-0.3, -0.25) is 0 Å². The molecule has 2 N–H and O–H groups in total. The van der Waals surface area contributed by atoms with Crippen molar-refractivity contribution in [1.82, 2.24) is 0 Å². The smallest absolute Gasteiger partial charge is 0.0919 e. The number of rotatable bonds is 3. The Balaban J connectivity index is 1.39. The van der Waals surface area contributed by atoms with Crippen molar-refractivity contribution >= 4 is 0 Å². The van der Waals surface area contributed by atoms with E-state index in [2.05, 4.69) is 41.5 Å². The van der Waals surface area contributed by atoms with Gasteiger partial charge in [0.05, 0.1) is 24.9 Å². The van der Waals surface area contributed by atoms with Crippen LogP contribution in [0.1, 0.15) is 112 Å². The minimum absolute atomic E-state index is 0.124. The molecule has 0 radical (unpaired) electrons. The number of aliphatic hydroxyl groups excluding tert-OH is 2. The molecule has 0 aromatic rings. The van der Waals surface area contributed by atoms with E-state index in [1.54, 1.807) is 0 Å². The summed E-state index contributed by atoms with van der Waals surface area (Å²) in [6, 6.07) is 0. The Morgan fingerprint density at radius 2 is 1.50 bits per heavy atom. The predicted molar refractivity (Wildman–Crippen MR) is 136 cm³/mol. The number of fused-ring (bicyclic) bond motifs is 7. The summed E-state index contributed by atoms with van der Waals surface area (Å²) < 4.78 is 6.15.